The van der Waals surface area contributed by atoms with Gasteiger partial charge < -0.3 is 10.6 Å². The van der Waals surface area contributed by atoms with Crippen molar-refractivity contribution in [2.75, 3.05) is 0 Å². The number of carbonyl (C=O) groups is 1. The zero-order valence-electron chi connectivity index (χ0n) is 15.2. The van der Waals surface area contributed by atoms with E-state index < -0.39 is 17.8 Å². The van der Waals surface area contributed by atoms with Crippen LogP contribution >= 0.6 is 11.6 Å². The van der Waals surface area contributed by atoms with Gasteiger partial charge in [-0.2, -0.15) is 13.2 Å². The van der Waals surface area contributed by atoms with E-state index in [1.807, 2.05) is 0 Å². The highest BCUT2D eigenvalue weighted by atomic mass is 35.5. The smallest absolute Gasteiger partial charge is 0.416 e. The average molecular weight is 410 g/mol. The summed E-state index contributed by atoms with van der Waals surface area (Å²) in [5, 5.41) is 7.68. The molecule has 1 unspecified atom stereocenters. The van der Waals surface area contributed by atoms with Crippen molar-refractivity contribution >= 4 is 23.2 Å². The third-order valence-corrected chi connectivity index (χ3v) is 5.20. The number of carbonyl (C=O) groups excluding carboxylic acids is 1. The number of halogens is 4. The van der Waals surface area contributed by atoms with Gasteiger partial charge in [-0.25, -0.2) is 0 Å². The molecule has 0 spiro atoms. The molecular weight excluding hydrogens is 389 g/mol. The second kappa shape index (κ2) is 8.86. The maximum Gasteiger partial charge on any atom is 0.416 e. The van der Waals surface area contributed by atoms with Crippen LogP contribution < -0.4 is 5.32 Å². The first-order chi connectivity index (χ1) is 13.3. The Kier molecular flexibility index (Phi) is 6.50. The molecule has 2 aromatic rings. The van der Waals surface area contributed by atoms with Gasteiger partial charge in [0.15, 0.2) is 0 Å². The highest BCUT2D eigenvalue weighted by Gasteiger charge is 2.30. The number of hydrogen-bond donors (Lipinski definition) is 1. The molecule has 0 saturated heterocycles. The topological polar surface area (TPSA) is 43.2 Å². The molecule has 28 heavy (non-hydrogen) atoms. The molecule has 0 bridgehead atoms. The summed E-state index contributed by atoms with van der Waals surface area (Å²) in [4.78, 5) is 13.0. The highest BCUT2D eigenvalue weighted by molar-refractivity contribution is 6.31. The van der Waals surface area contributed by atoms with Gasteiger partial charge in [-0.05, 0) is 30.5 Å². The van der Waals surface area contributed by atoms with Gasteiger partial charge in [0.25, 0.3) is 0 Å². The maximum atomic E-state index is 13.0. The monoisotopic (exact) mass is 409 g/mol. The van der Waals surface area contributed by atoms with E-state index in [9.17, 15) is 18.0 Å². The first-order valence-electron chi connectivity index (χ1n) is 9.27. The SMILES string of the molecule is O=C(NC1CCCCC1)C([N-]c1cccc(C(F)(F)F)c1)c1ccccc1Cl. The first kappa shape index (κ1) is 20.5. The van der Waals surface area contributed by atoms with E-state index in [0.717, 1.165) is 44.2 Å². The Morgan fingerprint density at radius 2 is 1.79 bits per heavy atom. The number of nitrogens with zero attached hydrogens (tertiary/aromatic N) is 1. The van der Waals surface area contributed by atoms with E-state index in [2.05, 4.69) is 10.6 Å². The zero-order chi connectivity index (χ0) is 20.1. The fraction of sp³-hybridized carbons (Fsp3) is 0.381. The lowest BCUT2D eigenvalue weighted by Gasteiger charge is -2.35. The molecule has 1 amide bonds. The Hall–Kier alpha value is -2.21. The minimum Gasteiger partial charge on any atom is -0.670 e. The summed E-state index contributed by atoms with van der Waals surface area (Å²) in [6.07, 6.45) is 0.554. The molecule has 1 aliphatic rings. The average Bonchev–Trinajstić information content (AvgIpc) is 2.67. The largest absolute Gasteiger partial charge is 0.670 e. The molecule has 3 rings (SSSR count). The lowest BCUT2D eigenvalue weighted by Crippen LogP contribution is -2.39. The minimum atomic E-state index is -4.48. The molecular formula is C21H21ClF3N2O-. The normalized spacial score (nSPS) is 16.4. The van der Waals surface area contributed by atoms with Gasteiger partial charge in [-0.3, -0.25) is 4.79 Å². The van der Waals surface area contributed by atoms with Gasteiger partial charge in [0.2, 0.25) is 5.91 Å². The lowest BCUT2D eigenvalue weighted by atomic mass is 9.95. The number of hydrogen-bond acceptors (Lipinski definition) is 1. The van der Waals surface area contributed by atoms with Gasteiger partial charge in [0, 0.05) is 11.1 Å². The van der Waals surface area contributed by atoms with Crippen LogP contribution in [0.5, 0.6) is 0 Å². The Morgan fingerprint density at radius 1 is 1.07 bits per heavy atom. The summed E-state index contributed by atoms with van der Waals surface area (Å²) >= 11 is 6.26. The second-order valence-corrected chi connectivity index (χ2v) is 7.35. The molecule has 1 aliphatic carbocycles. The molecule has 0 aliphatic heterocycles. The molecule has 0 heterocycles. The number of rotatable bonds is 5. The fourth-order valence-electron chi connectivity index (χ4n) is 3.40. The molecule has 0 aromatic heterocycles. The van der Waals surface area contributed by atoms with E-state index >= 15 is 0 Å². The lowest BCUT2D eigenvalue weighted by molar-refractivity contribution is -0.137. The summed E-state index contributed by atoms with van der Waals surface area (Å²) < 4.78 is 39.1. The first-order valence-corrected chi connectivity index (χ1v) is 9.65. The summed E-state index contributed by atoms with van der Waals surface area (Å²) in [5.74, 6) is -0.350. The summed E-state index contributed by atoms with van der Waals surface area (Å²) in [6, 6.07) is 10.5. The molecule has 1 N–H and O–H groups in total. The van der Waals surface area contributed by atoms with Crippen molar-refractivity contribution in [3.8, 4) is 0 Å². The predicted molar refractivity (Wildman–Crippen MR) is 104 cm³/mol. The quantitative estimate of drug-likeness (QED) is 0.597. The summed E-state index contributed by atoms with van der Waals surface area (Å²) in [5.41, 5.74) is -0.257. The molecule has 1 atom stereocenters. The van der Waals surface area contributed by atoms with E-state index in [1.165, 1.54) is 12.1 Å². The van der Waals surface area contributed by atoms with E-state index in [0.29, 0.717) is 10.6 Å². The van der Waals surface area contributed by atoms with Crippen LogP contribution in [0.15, 0.2) is 48.5 Å². The van der Waals surface area contributed by atoms with Crippen molar-refractivity contribution in [3.05, 3.63) is 70.0 Å². The maximum absolute atomic E-state index is 13.0. The third kappa shape index (κ3) is 5.19. The predicted octanol–water partition coefficient (Wildman–Crippen LogP) is 6.55. The van der Waals surface area contributed by atoms with Crippen LogP contribution in [0, 0.1) is 0 Å². The van der Waals surface area contributed by atoms with Gasteiger partial charge in [0.05, 0.1) is 5.56 Å². The van der Waals surface area contributed by atoms with Gasteiger partial charge >= 0.3 is 6.18 Å². The van der Waals surface area contributed by atoms with Crippen LogP contribution in [-0.2, 0) is 11.0 Å². The van der Waals surface area contributed by atoms with Crippen molar-refractivity contribution in [2.45, 2.75) is 50.4 Å². The Morgan fingerprint density at radius 3 is 2.46 bits per heavy atom. The molecule has 1 fully saturated rings. The number of alkyl halides is 3. The van der Waals surface area contributed by atoms with Gasteiger partial charge in [0.1, 0.15) is 0 Å². The molecule has 0 radical (unpaired) electrons. The minimum absolute atomic E-state index is 0.0583. The van der Waals surface area contributed by atoms with Crippen LogP contribution in [0.25, 0.3) is 5.32 Å². The molecule has 150 valence electrons. The number of nitrogens with one attached hydrogen (secondary N) is 1. The summed E-state index contributed by atoms with van der Waals surface area (Å²) in [6.45, 7) is 0. The van der Waals surface area contributed by atoms with Crippen LogP contribution in [-0.4, -0.2) is 11.9 Å². The van der Waals surface area contributed by atoms with Crippen molar-refractivity contribution in [2.24, 2.45) is 0 Å². The van der Waals surface area contributed by atoms with Crippen LogP contribution in [0.3, 0.4) is 0 Å². The number of amides is 1. The molecule has 7 heteroatoms. The van der Waals surface area contributed by atoms with Crippen molar-refractivity contribution < 1.29 is 18.0 Å². The summed E-state index contributed by atoms with van der Waals surface area (Å²) in [7, 11) is 0. The standard InChI is InChI=1S/C21H21ClF3N2O/c22-18-12-5-4-11-17(18)19(20(28)27-15-8-2-1-3-9-15)26-16-10-6-7-14(13-16)21(23,24)25/h4-7,10-13,15,19H,1-3,8-9H2,(H,27,28)/q-1. The Balaban J connectivity index is 1.86. The van der Waals surface area contributed by atoms with Crippen molar-refractivity contribution in [1.82, 2.24) is 5.32 Å². The van der Waals surface area contributed by atoms with Crippen LogP contribution in [0.4, 0.5) is 18.9 Å². The second-order valence-electron chi connectivity index (χ2n) is 6.94. The number of benzene rings is 2. The highest BCUT2D eigenvalue weighted by Crippen LogP contribution is 2.38. The molecule has 1 saturated carbocycles. The molecule has 2 aromatic carbocycles. The Bertz CT molecular complexity index is 819. The van der Waals surface area contributed by atoms with Crippen molar-refractivity contribution in [3.63, 3.8) is 0 Å². The van der Waals surface area contributed by atoms with Crippen LogP contribution in [0.1, 0.15) is 49.3 Å². The van der Waals surface area contributed by atoms with Gasteiger partial charge in [-0.1, -0.05) is 73.3 Å². The fourth-order valence-corrected chi connectivity index (χ4v) is 3.64. The third-order valence-electron chi connectivity index (χ3n) is 4.85. The van der Waals surface area contributed by atoms with E-state index in [4.69, 9.17) is 11.6 Å². The van der Waals surface area contributed by atoms with Gasteiger partial charge in [-0.15, -0.1) is 5.69 Å². The van der Waals surface area contributed by atoms with E-state index in [-0.39, 0.29) is 17.6 Å². The van der Waals surface area contributed by atoms with Crippen molar-refractivity contribution in [1.29, 1.82) is 0 Å². The molecule has 3 nitrogen and oxygen atoms in total. The zero-order valence-corrected chi connectivity index (χ0v) is 15.9. The Labute approximate surface area is 167 Å². The van der Waals surface area contributed by atoms with Crippen LogP contribution in [0.2, 0.25) is 5.02 Å². The van der Waals surface area contributed by atoms with E-state index in [1.54, 1.807) is 24.3 Å².